The van der Waals surface area contributed by atoms with Crippen LogP contribution in [0, 0.1) is 11.2 Å². The van der Waals surface area contributed by atoms with Gasteiger partial charge in [-0.1, -0.05) is 19.1 Å². The standard InChI is InChI=1S/C17H21FN2O2/c1-17(7-8-17)16(22)19-14-10-15(21)20(11-14)9-6-12-2-4-13(18)5-3-12/h2-5,14H,6-11H2,1H3,(H,19,22)/t14-/m0/s1. The Morgan fingerprint density at radius 2 is 2.05 bits per heavy atom. The van der Waals surface area contributed by atoms with E-state index >= 15 is 0 Å². The number of carbonyl (C=O) groups excluding carboxylic acids is 2. The first-order valence-electron chi connectivity index (χ1n) is 7.79. The third-order valence-corrected chi connectivity index (χ3v) is 4.68. The molecule has 3 rings (SSSR count). The van der Waals surface area contributed by atoms with Crippen LogP contribution in [0.2, 0.25) is 0 Å². The van der Waals surface area contributed by atoms with Crippen LogP contribution in [-0.4, -0.2) is 35.8 Å². The van der Waals surface area contributed by atoms with Crippen molar-refractivity contribution in [1.82, 2.24) is 10.2 Å². The van der Waals surface area contributed by atoms with Gasteiger partial charge in [0.25, 0.3) is 0 Å². The summed E-state index contributed by atoms with van der Waals surface area (Å²) >= 11 is 0. The van der Waals surface area contributed by atoms with Crippen molar-refractivity contribution in [2.24, 2.45) is 5.41 Å². The summed E-state index contributed by atoms with van der Waals surface area (Å²) in [5, 5.41) is 3.00. The van der Waals surface area contributed by atoms with Crippen LogP contribution in [0.1, 0.15) is 31.7 Å². The Labute approximate surface area is 129 Å². The number of nitrogens with zero attached hydrogens (tertiary/aromatic N) is 1. The van der Waals surface area contributed by atoms with Gasteiger partial charge in [0.15, 0.2) is 0 Å². The van der Waals surface area contributed by atoms with E-state index < -0.39 is 0 Å². The number of hydrogen-bond acceptors (Lipinski definition) is 2. The lowest BCUT2D eigenvalue weighted by atomic mass is 10.1. The molecule has 1 aromatic carbocycles. The van der Waals surface area contributed by atoms with Crippen LogP contribution in [0.25, 0.3) is 0 Å². The second kappa shape index (κ2) is 5.71. The van der Waals surface area contributed by atoms with Crippen LogP contribution in [-0.2, 0) is 16.0 Å². The summed E-state index contributed by atoms with van der Waals surface area (Å²) in [6, 6.07) is 6.26. The van der Waals surface area contributed by atoms with Crippen LogP contribution in [0.3, 0.4) is 0 Å². The van der Waals surface area contributed by atoms with Crippen LogP contribution in [0.5, 0.6) is 0 Å². The van der Waals surface area contributed by atoms with E-state index in [1.54, 1.807) is 17.0 Å². The first-order chi connectivity index (χ1) is 10.5. The largest absolute Gasteiger partial charge is 0.351 e. The fourth-order valence-electron chi connectivity index (χ4n) is 2.77. The summed E-state index contributed by atoms with van der Waals surface area (Å²) in [7, 11) is 0. The molecule has 1 saturated heterocycles. The molecule has 1 N–H and O–H groups in total. The minimum atomic E-state index is -0.252. The summed E-state index contributed by atoms with van der Waals surface area (Å²) in [6.45, 7) is 3.14. The van der Waals surface area contributed by atoms with Crippen molar-refractivity contribution < 1.29 is 14.0 Å². The van der Waals surface area contributed by atoms with Gasteiger partial charge in [0.05, 0.1) is 6.04 Å². The Kier molecular flexibility index (Phi) is 3.89. The molecule has 0 spiro atoms. The lowest BCUT2D eigenvalue weighted by Gasteiger charge is -2.18. The average molecular weight is 304 g/mol. The van der Waals surface area contributed by atoms with Crippen molar-refractivity contribution in [3.05, 3.63) is 35.6 Å². The molecule has 0 bridgehead atoms. The molecule has 2 amide bonds. The van der Waals surface area contributed by atoms with E-state index in [4.69, 9.17) is 0 Å². The topological polar surface area (TPSA) is 49.4 Å². The molecule has 118 valence electrons. The first kappa shape index (κ1) is 15.0. The predicted octanol–water partition coefficient (Wildman–Crippen LogP) is 1.89. The van der Waals surface area contributed by atoms with Crippen LogP contribution >= 0.6 is 0 Å². The van der Waals surface area contributed by atoms with Gasteiger partial charge in [-0.2, -0.15) is 0 Å². The van der Waals surface area contributed by atoms with Crippen LogP contribution in [0.4, 0.5) is 4.39 Å². The van der Waals surface area contributed by atoms with E-state index in [-0.39, 0.29) is 29.1 Å². The highest BCUT2D eigenvalue weighted by atomic mass is 19.1. The molecule has 22 heavy (non-hydrogen) atoms. The summed E-state index contributed by atoms with van der Waals surface area (Å²) in [5.74, 6) is -0.101. The lowest BCUT2D eigenvalue weighted by Crippen LogP contribution is -2.40. The predicted molar refractivity (Wildman–Crippen MR) is 80.6 cm³/mol. The zero-order valence-electron chi connectivity index (χ0n) is 12.8. The van der Waals surface area contributed by atoms with Crippen LogP contribution in [0.15, 0.2) is 24.3 Å². The molecule has 5 heteroatoms. The average Bonchev–Trinajstić information content (AvgIpc) is 3.14. The zero-order valence-corrected chi connectivity index (χ0v) is 12.8. The molecule has 0 radical (unpaired) electrons. The van der Waals surface area contributed by atoms with E-state index in [0.29, 0.717) is 25.9 Å². The van der Waals surface area contributed by atoms with Gasteiger partial charge in [-0.15, -0.1) is 0 Å². The summed E-state index contributed by atoms with van der Waals surface area (Å²) in [6.07, 6.45) is 2.96. The molecule has 1 aliphatic heterocycles. The van der Waals surface area contributed by atoms with Gasteiger partial charge in [0.2, 0.25) is 11.8 Å². The Morgan fingerprint density at radius 3 is 2.68 bits per heavy atom. The third kappa shape index (κ3) is 3.29. The van der Waals surface area contributed by atoms with E-state index in [0.717, 1.165) is 18.4 Å². The van der Waals surface area contributed by atoms with Gasteiger partial charge in [-0.25, -0.2) is 4.39 Å². The number of nitrogens with one attached hydrogen (secondary N) is 1. The summed E-state index contributed by atoms with van der Waals surface area (Å²) in [4.78, 5) is 25.8. The SMILES string of the molecule is CC1(C(=O)N[C@H]2CC(=O)N(CCc3ccc(F)cc3)C2)CC1. The second-order valence-electron chi connectivity index (χ2n) is 6.65. The molecule has 4 nitrogen and oxygen atoms in total. The maximum absolute atomic E-state index is 12.9. The van der Waals surface area contributed by atoms with Crippen LogP contribution < -0.4 is 5.32 Å². The van der Waals surface area contributed by atoms with E-state index in [9.17, 15) is 14.0 Å². The number of rotatable bonds is 5. The van der Waals surface area contributed by atoms with Crippen molar-refractivity contribution in [1.29, 1.82) is 0 Å². The number of amides is 2. The van der Waals surface area contributed by atoms with Gasteiger partial charge in [-0.05, 0) is 37.0 Å². The highest BCUT2D eigenvalue weighted by molar-refractivity contribution is 5.86. The maximum Gasteiger partial charge on any atom is 0.226 e. The van der Waals surface area contributed by atoms with Gasteiger partial charge in [-0.3, -0.25) is 9.59 Å². The lowest BCUT2D eigenvalue weighted by molar-refractivity contribution is -0.127. The minimum absolute atomic E-state index is 0.0747. The monoisotopic (exact) mass is 304 g/mol. The summed E-state index contributed by atoms with van der Waals surface area (Å²) in [5.41, 5.74) is 0.803. The van der Waals surface area contributed by atoms with Crippen molar-refractivity contribution in [2.45, 2.75) is 38.6 Å². The number of hydrogen-bond donors (Lipinski definition) is 1. The molecule has 1 heterocycles. The normalized spacial score (nSPS) is 22.7. The van der Waals surface area contributed by atoms with E-state index in [2.05, 4.69) is 5.32 Å². The quantitative estimate of drug-likeness (QED) is 0.903. The molecule has 2 aliphatic rings. The Hall–Kier alpha value is -1.91. The number of carbonyl (C=O) groups is 2. The smallest absolute Gasteiger partial charge is 0.226 e. The Bertz CT molecular complexity index is 581. The Balaban J connectivity index is 1.49. The van der Waals surface area contributed by atoms with Crippen molar-refractivity contribution in [3.8, 4) is 0 Å². The molecule has 1 aliphatic carbocycles. The number of halogens is 1. The second-order valence-corrected chi connectivity index (χ2v) is 6.65. The molecule has 2 fully saturated rings. The molecule has 1 atom stereocenters. The van der Waals surface area contributed by atoms with Gasteiger partial charge in [0, 0.05) is 24.9 Å². The van der Waals surface area contributed by atoms with Crippen molar-refractivity contribution in [3.63, 3.8) is 0 Å². The number of likely N-dealkylation sites (tertiary alicyclic amines) is 1. The van der Waals surface area contributed by atoms with Gasteiger partial charge >= 0.3 is 0 Å². The molecular formula is C17H21FN2O2. The zero-order chi connectivity index (χ0) is 15.7. The molecule has 1 saturated carbocycles. The van der Waals surface area contributed by atoms with E-state index in [1.165, 1.54) is 12.1 Å². The van der Waals surface area contributed by atoms with Crippen molar-refractivity contribution >= 4 is 11.8 Å². The maximum atomic E-state index is 12.9. The molecule has 0 unspecified atom stereocenters. The number of benzene rings is 1. The first-order valence-corrected chi connectivity index (χ1v) is 7.79. The third-order valence-electron chi connectivity index (χ3n) is 4.68. The van der Waals surface area contributed by atoms with Gasteiger partial charge in [0.1, 0.15) is 5.82 Å². The van der Waals surface area contributed by atoms with E-state index in [1.807, 2.05) is 6.92 Å². The minimum Gasteiger partial charge on any atom is -0.351 e. The molecule has 1 aromatic rings. The molecule has 0 aromatic heterocycles. The van der Waals surface area contributed by atoms with Gasteiger partial charge < -0.3 is 10.2 Å². The van der Waals surface area contributed by atoms with Crippen molar-refractivity contribution in [2.75, 3.05) is 13.1 Å². The highest BCUT2D eigenvalue weighted by Gasteiger charge is 2.46. The fraction of sp³-hybridized carbons (Fsp3) is 0.529. The summed E-state index contributed by atoms with van der Waals surface area (Å²) < 4.78 is 12.9. The highest BCUT2D eigenvalue weighted by Crippen LogP contribution is 2.45. The fourth-order valence-corrected chi connectivity index (χ4v) is 2.77. The Morgan fingerprint density at radius 1 is 1.36 bits per heavy atom. The molecular weight excluding hydrogens is 283 g/mol.